The fourth-order valence-corrected chi connectivity index (χ4v) is 1.90. The van der Waals surface area contributed by atoms with Crippen LogP contribution in [-0.2, 0) is 0 Å². The Labute approximate surface area is 85.5 Å². The second-order valence-electron chi connectivity index (χ2n) is 2.61. The largest absolute Gasteiger partial charge is 0.306 e. The van der Waals surface area contributed by atoms with Crippen molar-refractivity contribution in [3.8, 4) is 0 Å². The molecule has 1 aliphatic rings. The SMILES string of the molecule is N=C1CCCC(Cl)(Cl)C1(Cl)Cl. The first-order valence-electron chi connectivity index (χ1n) is 3.21. The lowest BCUT2D eigenvalue weighted by Crippen LogP contribution is -2.46. The summed E-state index contributed by atoms with van der Waals surface area (Å²) in [4.78, 5) is 0. The summed E-state index contributed by atoms with van der Waals surface area (Å²) in [6.45, 7) is 0. The molecular formula is C6H7Cl4N. The first kappa shape index (κ1) is 9.91. The van der Waals surface area contributed by atoms with E-state index in [2.05, 4.69) is 0 Å². The molecule has 0 unspecified atom stereocenters. The molecule has 0 aliphatic heterocycles. The molecule has 0 aromatic heterocycles. The Morgan fingerprint density at radius 2 is 1.73 bits per heavy atom. The Hall–Kier alpha value is 0.830. The molecule has 0 amide bonds. The van der Waals surface area contributed by atoms with E-state index in [0.29, 0.717) is 12.8 Å². The van der Waals surface area contributed by atoms with E-state index < -0.39 is 8.67 Å². The molecule has 1 nitrogen and oxygen atoms in total. The molecule has 0 bridgehead atoms. The number of nitrogens with one attached hydrogen (secondary N) is 1. The average molecular weight is 235 g/mol. The van der Waals surface area contributed by atoms with Gasteiger partial charge in [0.05, 0.1) is 0 Å². The molecule has 1 N–H and O–H groups in total. The van der Waals surface area contributed by atoms with Crippen molar-refractivity contribution in [3.63, 3.8) is 0 Å². The van der Waals surface area contributed by atoms with Gasteiger partial charge in [0, 0.05) is 5.71 Å². The van der Waals surface area contributed by atoms with Crippen LogP contribution >= 0.6 is 46.4 Å². The van der Waals surface area contributed by atoms with Crippen LogP contribution in [0.2, 0.25) is 0 Å². The van der Waals surface area contributed by atoms with E-state index in [1.54, 1.807) is 0 Å². The average Bonchev–Trinajstić information content (AvgIpc) is 1.84. The van der Waals surface area contributed by atoms with Crippen LogP contribution in [0, 0.1) is 5.41 Å². The maximum absolute atomic E-state index is 7.41. The van der Waals surface area contributed by atoms with Crippen LogP contribution in [0.4, 0.5) is 0 Å². The summed E-state index contributed by atoms with van der Waals surface area (Å²) in [5.74, 6) is 0. The van der Waals surface area contributed by atoms with Gasteiger partial charge in [-0.25, -0.2) is 0 Å². The zero-order valence-corrected chi connectivity index (χ0v) is 8.66. The minimum atomic E-state index is -1.41. The standard InChI is InChI=1S/C6H7Cl4N/c7-5(8)3-1-2-4(11)6(5,9)10/h11H,1-3H2. The molecule has 0 saturated heterocycles. The van der Waals surface area contributed by atoms with Gasteiger partial charge in [-0.1, -0.05) is 46.4 Å². The van der Waals surface area contributed by atoms with E-state index >= 15 is 0 Å². The van der Waals surface area contributed by atoms with E-state index in [0.717, 1.165) is 6.42 Å². The second-order valence-corrected chi connectivity index (χ2v) is 5.42. The second kappa shape index (κ2) is 2.95. The van der Waals surface area contributed by atoms with Gasteiger partial charge in [0.15, 0.2) is 8.67 Å². The highest BCUT2D eigenvalue weighted by atomic mass is 35.5. The lowest BCUT2D eigenvalue weighted by atomic mass is 9.96. The Kier molecular flexibility index (Phi) is 2.66. The van der Waals surface area contributed by atoms with Gasteiger partial charge >= 0.3 is 0 Å². The van der Waals surface area contributed by atoms with Gasteiger partial charge in [-0.2, -0.15) is 0 Å². The molecule has 1 saturated carbocycles. The summed E-state index contributed by atoms with van der Waals surface area (Å²) in [6, 6.07) is 0. The summed E-state index contributed by atoms with van der Waals surface area (Å²) in [5.41, 5.74) is 0.206. The maximum atomic E-state index is 7.41. The van der Waals surface area contributed by atoms with Gasteiger partial charge in [0.25, 0.3) is 0 Å². The first-order chi connectivity index (χ1) is 4.88. The van der Waals surface area contributed by atoms with Crippen LogP contribution in [0.5, 0.6) is 0 Å². The fraction of sp³-hybridized carbons (Fsp3) is 0.833. The van der Waals surface area contributed by atoms with E-state index in [1.807, 2.05) is 0 Å². The topological polar surface area (TPSA) is 23.9 Å². The van der Waals surface area contributed by atoms with Gasteiger partial charge in [0.2, 0.25) is 0 Å². The highest BCUT2D eigenvalue weighted by Gasteiger charge is 2.52. The van der Waals surface area contributed by atoms with Crippen molar-refractivity contribution in [3.05, 3.63) is 0 Å². The molecule has 0 radical (unpaired) electrons. The molecule has 64 valence electrons. The van der Waals surface area contributed by atoms with Gasteiger partial charge in [-0.15, -0.1) is 0 Å². The zero-order chi connectivity index (χ0) is 8.70. The minimum absolute atomic E-state index is 0.206. The Bertz CT molecular complexity index is 187. The molecule has 0 aromatic carbocycles. The number of hydrogen-bond donors (Lipinski definition) is 1. The fourth-order valence-electron chi connectivity index (χ4n) is 1.02. The summed E-state index contributed by atoms with van der Waals surface area (Å²) in [6.07, 6.45) is 1.88. The van der Waals surface area contributed by atoms with Crippen LogP contribution in [0.1, 0.15) is 19.3 Å². The van der Waals surface area contributed by atoms with Crippen LogP contribution in [0.15, 0.2) is 0 Å². The predicted octanol–water partition coefficient (Wildman–Crippen LogP) is 3.54. The number of hydrogen-bond acceptors (Lipinski definition) is 1. The van der Waals surface area contributed by atoms with Crippen molar-refractivity contribution in [2.75, 3.05) is 0 Å². The summed E-state index contributed by atoms with van der Waals surface area (Å²) in [5, 5.41) is 7.41. The quantitative estimate of drug-likeness (QED) is 0.621. The number of alkyl halides is 4. The van der Waals surface area contributed by atoms with Gasteiger partial charge in [0.1, 0.15) is 0 Å². The Morgan fingerprint density at radius 1 is 1.18 bits per heavy atom. The maximum Gasteiger partial charge on any atom is 0.187 e. The van der Waals surface area contributed by atoms with Crippen LogP contribution in [-0.4, -0.2) is 14.4 Å². The summed E-state index contributed by atoms with van der Waals surface area (Å²) >= 11 is 23.2. The third kappa shape index (κ3) is 1.62. The lowest BCUT2D eigenvalue weighted by molar-refractivity contribution is 0.605. The van der Waals surface area contributed by atoms with Crippen molar-refractivity contribution in [1.82, 2.24) is 0 Å². The predicted molar refractivity (Wildman–Crippen MR) is 50.5 cm³/mol. The molecule has 1 aliphatic carbocycles. The summed E-state index contributed by atoms with van der Waals surface area (Å²) < 4.78 is -2.61. The van der Waals surface area contributed by atoms with Crippen LogP contribution < -0.4 is 0 Å². The van der Waals surface area contributed by atoms with E-state index in [4.69, 9.17) is 51.8 Å². The normalized spacial score (nSPS) is 28.5. The molecule has 5 heteroatoms. The first-order valence-corrected chi connectivity index (χ1v) is 4.72. The lowest BCUT2D eigenvalue weighted by Gasteiger charge is -2.37. The van der Waals surface area contributed by atoms with Crippen molar-refractivity contribution in [2.24, 2.45) is 0 Å². The smallest absolute Gasteiger partial charge is 0.187 e. The van der Waals surface area contributed by atoms with E-state index in [-0.39, 0.29) is 5.71 Å². The molecule has 1 fully saturated rings. The molecule has 0 atom stereocenters. The molecule has 0 aromatic rings. The number of rotatable bonds is 0. The van der Waals surface area contributed by atoms with Gasteiger partial charge in [-0.3, -0.25) is 0 Å². The van der Waals surface area contributed by atoms with Crippen molar-refractivity contribution in [1.29, 1.82) is 5.41 Å². The van der Waals surface area contributed by atoms with Gasteiger partial charge < -0.3 is 5.41 Å². The Morgan fingerprint density at radius 3 is 2.09 bits per heavy atom. The van der Waals surface area contributed by atoms with E-state index in [1.165, 1.54) is 0 Å². The van der Waals surface area contributed by atoms with Crippen molar-refractivity contribution in [2.45, 2.75) is 27.9 Å². The highest BCUT2D eigenvalue weighted by Crippen LogP contribution is 2.50. The monoisotopic (exact) mass is 233 g/mol. The van der Waals surface area contributed by atoms with Gasteiger partial charge in [-0.05, 0) is 19.3 Å². The molecule has 0 spiro atoms. The summed E-state index contributed by atoms with van der Waals surface area (Å²) in [7, 11) is 0. The van der Waals surface area contributed by atoms with Crippen molar-refractivity contribution < 1.29 is 0 Å². The molecule has 0 heterocycles. The van der Waals surface area contributed by atoms with Crippen molar-refractivity contribution >= 4 is 52.1 Å². The molecular weight excluding hydrogens is 228 g/mol. The minimum Gasteiger partial charge on any atom is -0.306 e. The van der Waals surface area contributed by atoms with Crippen LogP contribution in [0.25, 0.3) is 0 Å². The van der Waals surface area contributed by atoms with Crippen LogP contribution in [0.3, 0.4) is 0 Å². The molecule has 11 heavy (non-hydrogen) atoms. The third-order valence-corrected chi connectivity index (χ3v) is 4.19. The number of halogens is 4. The highest BCUT2D eigenvalue weighted by molar-refractivity contribution is 6.69. The van der Waals surface area contributed by atoms with E-state index in [9.17, 15) is 0 Å². The zero-order valence-electron chi connectivity index (χ0n) is 5.63. The third-order valence-electron chi connectivity index (χ3n) is 1.76. The molecule has 1 rings (SSSR count). The Balaban J connectivity index is 2.91.